The van der Waals surface area contributed by atoms with E-state index in [4.69, 9.17) is 5.11 Å². The fourth-order valence-electron chi connectivity index (χ4n) is 2.79. The maximum absolute atomic E-state index is 14.3. The molecule has 0 fully saturated rings. The van der Waals surface area contributed by atoms with E-state index in [9.17, 15) is 14.0 Å². The second kappa shape index (κ2) is 6.16. The Kier molecular flexibility index (Phi) is 4.16. The van der Waals surface area contributed by atoms with E-state index in [2.05, 4.69) is 10.3 Å². The minimum Gasteiger partial charge on any atom is -0.480 e. The van der Waals surface area contributed by atoms with E-state index in [0.29, 0.717) is 17.5 Å². The molecule has 2 aromatic heterocycles. The third-order valence-electron chi connectivity index (χ3n) is 4.07. The Bertz CT molecular complexity index is 973. The highest BCUT2D eigenvalue weighted by Crippen LogP contribution is 2.34. The van der Waals surface area contributed by atoms with Gasteiger partial charge in [0.05, 0.1) is 23.0 Å². The highest BCUT2D eigenvalue weighted by molar-refractivity contribution is 5.93. The Morgan fingerprint density at radius 3 is 2.88 bits per heavy atom. The van der Waals surface area contributed by atoms with Gasteiger partial charge < -0.3 is 15.0 Å². The Labute approximate surface area is 143 Å². The van der Waals surface area contributed by atoms with Crippen LogP contribution in [0.25, 0.3) is 10.8 Å². The van der Waals surface area contributed by atoms with Crippen molar-refractivity contribution in [3.63, 3.8) is 0 Å². The van der Waals surface area contributed by atoms with E-state index in [0.717, 1.165) is 4.57 Å². The lowest BCUT2D eigenvalue weighted by molar-refractivity contribution is -0.137. The number of halogens is 1. The van der Waals surface area contributed by atoms with E-state index in [1.165, 1.54) is 24.7 Å². The molecule has 0 saturated heterocycles. The molecule has 1 aliphatic rings. The number of pyridine rings is 2. The van der Waals surface area contributed by atoms with E-state index < -0.39 is 23.9 Å². The summed E-state index contributed by atoms with van der Waals surface area (Å²) in [6, 6.07) is 1.61. The summed E-state index contributed by atoms with van der Waals surface area (Å²) in [5.74, 6) is -1.51. The summed E-state index contributed by atoms with van der Waals surface area (Å²) in [4.78, 5) is 27.6. The molecule has 7 heteroatoms. The van der Waals surface area contributed by atoms with Crippen molar-refractivity contribution in [2.45, 2.75) is 26.8 Å². The standard InChI is InChI=1S/C18H18FN3O3/c1-18(2)5-3-13(12(19)7-18)21-14-9-20-8-11-4-6-22(10-15(23)24)17(25)16(11)14/h3-4,6-9,21H,5,10H2,1-2H3,(H,23,24). The molecule has 0 unspecified atom stereocenters. The van der Waals surface area contributed by atoms with Crippen LogP contribution in [0.1, 0.15) is 20.3 Å². The molecule has 0 saturated carbocycles. The Balaban J connectivity index is 2.05. The van der Waals surface area contributed by atoms with E-state index >= 15 is 0 Å². The molecule has 0 radical (unpaired) electrons. The molecule has 0 aliphatic heterocycles. The van der Waals surface area contributed by atoms with Gasteiger partial charge >= 0.3 is 5.97 Å². The number of hydrogen-bond acceptors (Lipinski definition) is 4. The molecule has 0 spiro atoms. The largest absolute Gasteiger partial charge is 0.480 e. The van der Waals surface area contributed by atoms with Gasteiger partial charge in [-0.25, -0.2) is 4.39 Å². The van der Waals surface area contributed by atoms with Gasteiger partial charge in [0.2, 0.25) is 0 Å². The molecule has 6 nitrogen and oxygen atoms in total. The van der Waals surface area contributed by atoms with Crippen LogP contribution in [0.5, 0.6) is 0 Å². The fraction of sp³-hybridized carbons (Fsp3) is 0.278. The lowest BCUT2D eigenvalue weighted by Crippen LogP contribution is -2.24. The number of carboxylic acids is 1. The first kappa shape index (κ1) is 16.9. The van der Waals surface area contributed by atoms with Gasteiger partial charge in [0.15, 0.2) is 0 Å². The van der Waals surface area contributed by atoms with Crippen molar-refractivity contribution in [2.24, 2.45) is 5.41 Å². The lowest BCUT2D eigenvalue weighted by atomic mass is 9.85. The zero-order chi connectivity index (χ0) is 18.2. The Morgan fingerprint density at radius 1 is 1.44 bits per heavy atom. The predicted molar refractivity (Wildman–Crippen MR) is 92.9 cm³/mol. The molecule has 2 N–H and O–H groups in total. The summed E-state index contributed by atoms with van der Waals surface area (Å²) in [6.07, 6.45) is 8.29. The molecule has 130 valence electrons. The monoisotopic (exact) mass is 343 g/mol. The van der Waals surface area contributed by atoms with Crippen LogP contribution in [-0.2, 0) is 11.3 Å². The SMILES string of the molecule is CC1(C)C=C(F)C(Nc2cncc3ccn(CC(=O)O)c(=O)c23)=CC1. The Hall–Kier alpha value is -2.96. The second-order valence-corrected chi connectivity index (χ2v) is 6.72. The van der Waals surface area contributed by atoms with Crippen LogP contribution in [0.2, 0.25) is 0 Å². The van der Waals surface area contributed by atoms with E-state index in [1.807, 2.05) is 13.8 Å². The second-order valence-electron chi connectivity index (χ2n) is 6.72. The van der Waals surface area contributed by atoms with Gasteiger partial charge in [-0.3, -0.25) is 14.6 Å². The van der Waals surface area contributed by atoms with Crippen LogP contribution >= 0.6 is 0 Å². The molecule has 25 heavy (non-hydrogen) atoms. The summed E-state index contributed by atoms with van der Waals surface area (Å²) in [6.45, 7) is 3.43. The van der Waals surface area contributed by atoms with Crippen LogP contribution in [0.4, 0.5) is 10.1 Å². The van der Waals surface area contributed by atoms with Gasteiger partial charge in [-0.15, -0.1) is 0 Å². The summed E-state index contributed by atoms with van der Waals surface area (Å²) in [5.41, 5.74) is -0.107. The highest BCUT2D eigenvalue weighted by atomic mass is 19.1. The maximum Gasteiger partial charge on any atom is 0.323 e. The van der Waals surface area contributed by atoms with Gasteiger partial charge in [0.25, 0.3) is 5.56 Å². The maximum atomic E-state index is 14.3. The van der Waals surface area contributed by atoms with Crippen molar-refractivity contribution in [3.05, 3.63) is 58.7 Å². The number of rotatable bonds is 4. The number of fused-ring (bicyclic) bond motifs is 1. The number of carbonyl (C=O) groups is 1. The smallest absolute Gasteiger partial charge is 0.323 e. The molecule has 2 aromatic rings. The predicted octanol–water partition coefficient (Wildman–Crippen LogP) is 3.06. The molecular formula is C18H18FN3O3. The van der Waals surface area contributed by atoms with E-state index in [-0.39, 0.29) is 16.5 Å². The van der Waals surface area contributed by atoms with Crippen LogP contribution < -0.4 is 10.9 Å². The van der Waals surface area contributed by atoms with Crippen LogP contribution in [0, 0.1) is 5.41 Å². The number of hydrogen-bond donors (Lipinski definition) is 2. The van der Waals surface area contributed by atoms with Crippen LogP contribution in [0.15, 0.2) is 53.1 Å². The molecule has 0 aromatic carbocycles. The summed E-state index contributed by atoms with van der Waals surface area (Å²) in [7, 11) is 0. The zero-order valence-electron chi connectivity index (χ0n) is 13.9. The third-order valence-corrected chi connectivity index (χ3v) is 4.07. The van der Waals surface area contributed by atoms with Crippen molar-refractivity contribution in [2.75, 3.05) is 5.32 Å². The highest BCUT2D eigenvalue weighted by Gasteiger charge is 2.22. The van der Waals surface area contributed by atoms with Crippen molar-refractivity contribution in [3.8, 4) is 0 Å². The normalized spacial score (nSPS) is 16.3. The van der Waals surface area contributed by atoms with Gasteiger partial charge in [0.1, 0.15) is 12.4 Å². The molecular weight excluding hydrogens is 325 g/mol. The zero-order valence-corrected chi connectivity index (χ0v) is 13.9. The van der Waals surface area contributed by atoms with Crippen molar-refractivity contribution >= 4 is 22.4 Å². The number of carboxylic acid groups (broad SMARTS) is 1. The number of anilines is 1. The minimum atomic E-state index is -1.11. The van der Waals surface area contributed by atoms with Gasteiger partial charge in [-0.1, -0.05) is 19.9 Å². The minimum absolute atomic E-state index is 0.263. The lowest BCUT2D eigenvalue weighted by Gasteiger charge is -2.24. The Morgan fingerprint density at radius 2 is 2.20 bits per heavy atom. The van der Waals surface area contributed by atoms with Crippen LogP contribution in [-0.4, -0.2) is 20.6 Å². The first-order valence-electron chi connectivity index (χ1n) is 7.82. The summed E-state index contributed by atoms with van der Waals surface area (Å²) < 4.78 is 15.4. The van der Waals surface area contributed by atoms with Crippen molar-refractivity contribution < 1.29 is 14.3 Å². The topological polar surface area (TPSA) is 84.2 Å². The first-order chi connectivity index (χ1) is 11.8. The molecule has 1 aliphatic carbocycles. The summed E-state index contributed by atoms with van der Waals surface area (Å²) >= 11 is 0. The average molecular weight is 343 g/mol. The number of allylic oxidation sites excluding steroid dienone is 3. The summed E-state index contributed by atoms with van der Waals surface area (Å²) in [5, 5.41) is 12.7. The molecule has 0 amide bonds. The average Bonchev–Trinajstić information content (AvgIpc) is 2.52. The van der Waals surface area contributed by atoms with Crippen molar-refractivity contribution in [1.29, 1.82) is 0 Å². The quantitative estimate of drug-likeness (QED) is 0.891. The third kappa shape index (κ3) is 3.45. The van der Waals surface area contributed by atoms with E-state index in [1.54, 1.807) is 12.1 Å². The number of aliphatic carboxylic acids is 1. The molecule has 0 bridgehead atoms. The first-order valence-corrected chi connectivity index (χ1v) is 7.82. The number of nitrogens with one attached hydrogen (secondary N) is 1. The van der Waals surface area contributed by atoms with Crippen molar-refractivity contribution in [1.82, 2.24) is 9.55 Å². The van der Waals surface area contributed by atoms with Gasteiger partial charge in [-0.2, -0.15) is 0 Å². The van der Waals surface area contributed by atoms with Gasteiger partial charge in [-0.05, 0) is 24.0 Å². The molecule has 3 rings (SSSR count). The number of nitrogens with zero attached hydrogens (tertiary/aromatic N) is 2. The molecule has 0 atom stereocenters. The van der Waals surface area contributed by atoms with Crippen LogP contribution in [0.3, 0.4) is 0 Å². The van der Waals surface area contributed by atoms with Gasteiger partial charge in [0, 0.05) is 17.8 Å². The number of aromatic nitrogens is 2. The molecule has 2 heterocycles. The fourth-order valence-corrected chi connectivity index (χ4v) is 2.79.